The van der Waals surface area contributed by atoms with Gasteiger partial charge in [0.15, 0.2) is 0 Å². The van der Waals surface area contributed by atoms with Crippen molar-refractivity contribution in [3.8, 4) is 0 Å². The molecule has 1 aliphatic carbocycles. The van der Waals surface area contributed by atoms with Crippen molar-refractivity contribution in [2.45, 2.75) is 24.5 Å². The lowest BCUT2D eigenvalue weighted by molar-refractivity contribution is -0.130. The number of ether oxygens (including phenoxy) is 1. The third kappa shape index (κ3) is 1.69. The fourth-order valence-corrected chi connectivity index (χ4v) is 4.84. The maximum absolute atomic E-state index is 9.72. The number of methoxy groups -OCH3 is 1. The van der Waals surface area contributed by atoms with Crippen LogP contribution in [0.15, 0.2) is 24.4 Å². The number of hydrogen-bond donors (Lipinski definition) is 1. The standard InChI is InChI=1S/C18H24N2O2/c1-19-10-13-7-16-18(22-3,8-12(11-21)9-20(16)2)14-5-4-6-15(19)17(13)14/h4-6,10,12,16,21H,7-9,11H2,1-3H3/t12-,16+,18+/m0/s1. The third-order valence-corrected chi connectivity index (χ3v) is 5.79. The molecule has 1 aromatic carbocycles. The summed E-state index contributed by atoms with van der Waals surface area (Å²) in [6.07, 6.45) is 4.17. The SMILES string of the molecule is CO[C@@]12C[C@H](CO)CN(C)[C@@H]1Cc1cn(C)c3cccc2c13. The van der Waals surface area contributed by atoms with E-state index in [1.165, 1.54) is 22.0 Å². The highest BCUT2D eigenvalue weighted by atomic mass is 16.5. The first kappa shape index (κ1) is 14.2. The van der Waals surface area contributed by atoms with Crippen molar-refractivity contribution in [2.24, 2.45) is 13.0 Å². The van der Waals surface area contributed by atoms with E-state index in [0.717, 1.165) is 19.4 Å². The van der Waals surface area contributed by atoms with Gasteiger partial charge < -0.3 is 14.4 Å². The Kier molecular flexibility index (Phi) is 3.12. The van der Waals surface area contributed by atoms with Crippen LogP contribution in [-0.4, -0.2) is 47.9 Å². The molecular weight excluding hydrogens is 276 g/mol. The lowest BCUT2D eigenvalue weighted by Gasteiger charge is -2.52. The lowest BCUT2D eigenvalue weighted by Crippen LogP contribution is -2.59. The number of hydrogen-bond acceptors (Lipinski definition) is 3. The van der Waals surface area contributed by atoms with Crippen LogP contribution in [0.4, 0.5) is 0 Å². The van der Waals surface area contributed by atoms with Gasteiger partial charge in [-0.2, -0.15) is 0 Å². The van der Waals surface area contributed by atoms with Gasteiger partial charge in [0, 0.05) is 50.5 Å². The summed E-state index contributed by atoms with van der Waals surface area (Å²) in [7, 11) is 6.10. The Labute approximate surface area is 131 Å². The van der Waals surface area contributed by atoms with Crippen LogP contribution in [0.5, 0.6) is 0 Å². The predicted octanol–water partition coefficient (Wildman–Crippen LogP) is 1.89. The summed E-state index contributed by atoms with van der Waals surface area (Å²) in [5, 5.41) is 11.1. The lowest BCUT2D eigenvalue weighted by atomic mass is 9.69. The van der Waals surface area contributed by atoms with E-state index < -0.39 is 0 Å². The van der Waals surface area contributed by atoms with E-state index in [-0.39, 0.29) is 18.1 Å². The maximum atomic E-state index is 9.72. The highest BCUT2D eigenvalue weighted by molar-refractivity contribution is 5.89. The van der Waals surface area contributed by atoms with E-state index in [1.54, 1.807) is 0 Å². The first-order chi connectivity index (χ1) is 10.6. The number of nitrogens with zero attached hydrogens (tertiary/aromatic N) is 2. The summed E-state index contributed by atoms with van der Waals surface area (Å²) in [6.45, 7) is 1.16. The van der Waals surface area contributed by atoms with Crippen LogP contribution in [0.1, 0.15) is 17.5 Å². The number of piperidine rings is 1. The van der Waals surface area contributed by atoms with Gasteiger partial charge in [0.1, 0.15) is 5.60 Å². The molecule has 1 N–H and O–H groups in total. The molecule has 118 valence electrons. The summed E-state index contributed by atoms with van der Waals surface area (Å²) < 4.78 is 8.40. The fraction of sp³-hybridized carbons (Fsp3) is 0.556. The minimum absolute atomic E-state index is 0.222. The van der Waals surface area contributed by atoms with Crippen molar-refractivity contribution in [3.05, 3.63) is 35.5 Å². The molecule has 1 aromatic heterocycles. The molecule has 2 aromatic rings. The molecule has 4 heteroatoms. The van der Waals surface area contributed by atoms with Gasteiger partial charge in [-0.05, 0) is 43.0 Å². The first-order valence-electron chi connectivity index (χ1n) is 8.04. The van der Waals surface area contributed by atoms with Crippen LogP contribution >= 0.6 is 0 Å². The molecule has 1 saturated heterocycles. The van der Waals surface area contributed by atoms with Crippen molar-refractivity contribution in [1.82, 2.24) is 9.47 Å². The van der Waals surface area contributed by atoms with Crippen LogP contribution in [0, 0.1) is 5.92 Å². The molecule has 0 saturated carbocycles. The largest absolute Gasteiger partial charge is 0.396 e. The Morgan fingerprint density at radius 3 is 2.91 bits per heavy atom. The molecule has 1 fully saturated rings. The smallest absolute Gasteiger partial charge is 0.110 e. The predicted molar refractivity (Wildman–Crippen MR) is 86.9 cm³/mol. The number of rotatable bonds is 2. The van der Waals surface area contributed by atoms with Crippen LogP contribution in [0.3, 0.4) is 0 Å². The minimum Gasteiger partial charge on any atom is -0.396 e. The normalized spacial score (nSPS) is 31.5. The van der Waals surface area contributed by atoms with Crippen molar-refractivity contribution in [2.75, 3.05) is 27.3 Å². The van der Waals surface area contributed by atoms with E-state index in [0.29, 0.717) is 6.04 Å². The van der Waals surface area contributed by atoms with Crippen LogP contribution < -0.4 is 0 Å². The second kappa shape index (κ2) is 4.82. The quantitative estimate of drug-likeness (QED) is 0.920. The minimum atomic E-state index is -0.311. The summed E-state index contributed by atoms with van der Waals surface area (Å²) in [5.41, 5.74) is 3.68. The van der Waals surface area contributed by atoms with E-state index in [9.17, 15) is 5.11 Å². The van der Waals surface area contributed by atoms with Crippen molar-refractivity contribution < 1.29 is 9.84 Å². The number of benzene rings is 1. The molecule has 0 spiro atoms. The summed E-state index contributed by atoms with van der Waals surface area (Å²) in [6, 6.07) is 6.87. The van der Waals surface area contributed by atoms with Gasteiger partial charge in [-0.15, -0.1) is 0 Å². The van der Waals surface area contributed by atoms with Crippen molar-refractivity contribution in [1.29, 1.82) is 0 Å². The topological polar surface area (TPSA) is 37.6 Å². The number of aliphatic hydroxyl groups excluding tert-OH is 1. The molecular formula is C18H24N2O2. The highest BCUT2D eigenvalue weighted by Crippen LogP contribution is 2.49. The third-order valence-electron chi connectivity index (χ3n) is 5.79. The summed E-state index contributed by atoms with van der Waals surface area (Å²) >= 11 is 0. The monoisotopic (exact) mass is 300 g/mol. The zero-order chi connectivity index (χ0) is 15.5. The molecule has 1 aliphatic heterocycles. The Balaban J connectivity index is 1.98. The average molecular weight is 300 g/mol. The number of likely N-dealkylation sites (tertiary alicyclic amines) is 1. The molecule has 0 amide bonds. The number of likely N-dealkylation sites (N-methyl/N-ethyl adjacent to an activating group) is 1. The second-order valence-corrected chi connectivity index (χ2v) is 6.97. The highest BCUT2D eigenvalue weighted by Gasteiger charge is 2.51. The number of fused-ring (bicyclic) bond motifs is 2. The Morgan fingerprint density at radius 1 is 1.36 bits per heavy atom. The molecule has 0 unspecified atom stereocenters. The van der Waals surface area contributed by atoms with Gasteiger partial charge >= 0.3 is 0 Å². The molecule has 4 nitrogen and oxygen atoms in total. The first-order valence-corrected chi connectivity index (χ1v) is 8.04. The Hall–Kier alpha value is -1.36. The zero-order valence-electron chi connectivity index (χ0n) is 13.5. The van der Waals surface area contributed by atoms with Gasteiger partial charge in [0.05, 0.1) is 0 Å². The summed E-state index contributed by atoms with van der Waals surface area (Å²) in [5.74, 6) is 0.265. The average Bonchev–Trinajstić information content (AvgIpc) is 2.86. The van der Waals surface area contributed by atoms with Crippen molar-refractivity contribution in [3.63, 3.8) is 0 Å². The van der Waals surface area contributed by atoms with Gasteiger partial charge in [0.25, 0.3) is 0 Å². The summed E-state index contributed by atoms with van der Waals surface area (Å²) in [4.78, 5) is 2.38. The zero-order valence-corrected chi connectivity index (χ0v) is 13.5. The molecule has 0 bridgehead atoms. The number of aryl methyl sites for hydroxylation is 1. The van der Waals surface area contributed by atoms with E-state index >= 15 is 0 Å². The van der Waals surface area contributed by atoms with E-state index in [1.807, 2.05) is 7.11 Å². The molecule has 4 rings (SSSR count). The Bertz CT molecular complexity index is 723. The van der Waals surface area contributed by atoms with Gasteiger partial charge in [-0.1, -0.05) is 12.1 Å². The van der Waals surface area contributed by atoms with Gasteiger partial charge in [-0.25, -0.2) is 0 Å². The van der Waals surface area contributed by atoms with Crippen LogP contribution in [-0.2, 0) is 23.8 Å². The number of aliphatic hydroxyl groups is 1. The van der Waals surface area contributed by atoms with Crippen LogP contribution in [0.25, 0.3) is 10.9 Å². The van der Waals surface area contributed by atoms with Gasteiger partial charge in [-0.3, -0.25) is 4.90 Å². The van der Waals surface area contributed by atoms with E-state index in [2.05, 4.69) is 48.0 Å². The number of aromatic nitrogens is 1. The van der Waals surface area contributed by atoms with Crippen LogP contribution in [0.2, 0.25) is 0 Å². The Morgan fingerprint density at radius 2 is 2.18 bits per heavy atom. The molecule has 2 heterocycles. The van der Waals surface area contributed by atoms with Gasteiger partial charge in [0.2, 0.25) is 0 Å². The molecule has 0 radical (unpaired) electrons. The molecule has 22 heavy (non-hydrogen) atoms. The van der Waals surface area contributed by atoms with E-state index in [4.69, 9.17) is 4.74 Å². The second-order valence-electron chi connectivity index (χ2n) is 6.97. The van der Waals surface area contributed by atoms with Crippen molar-refractivity contribution >= 4 is 10.9 Å². The fourth-order valence-electron chi connectivity index (χ4n) is 4.84. The molecule has 3 atom stereocenters. The molecule has 2 aliphatic rings. The maximum Gasteiger partial charge on any atom is 0.110 e.